The van der Waals surface area contributed by atoms with Crippen LogP contribution >= 0.6 is 0 Å². The van der Waals surface area contributed by atoms with E-state index in [4.69, 9.17) is 4.74 Å². The molecule has 1 saturated heterocycles. The van der Waals surface area contributed by atoms with Crippen molar-refractivity contribution in [3.05, 3.63) is 30.1 Å². The van der Waals surface area contributed by atoms with Gasteiger partial charge in [0.15, 0.2) is 5.96 Å². The molecule has 1 unspecified atom stereocenters. The van der Waals surface area contributed by atoms with E-state index in [1.165, 1.54) is 6.42 Å². The zero-order valence-corrected chi connectivity index (χ0v) is 18.1. The lowest BCUT2D eigenvalue weighted by Crippen LogP contribution is -2.51. The van der Waals surface area contributed by atoms with Crippen molar-refractivity contribution >= 4 is 17.0 Å². The van der Waals surface area contributed by atoms with Crippen LogP contribution in [0.4, 0.5) is 0 Å². The molecule has 3 rings (SSSR count). The Hall–Kier alpha value is -2.12. The number of hydrogen-bond donors (Lipinski definition) is 3. The van der Waals surface area contributed by atoms with Gasteiger partial charge in [0, 0.05) is 45.7 Å². The summed E-state index contributed by atoms with van der Waals surface area (Å²) in [5, 5.41) is 6.96. The first kappa shape index (κ1) is 21.6. The number of H-pyrrole nitrogens is 1. The van der Waals surface area contributed by atoms with Crippen LogP contribution in [0.1, 0.15) is 32.5 Å². The molecule has 2 aromatic rings. The first-order valence-electron chi connectivity index (χ1n) is 10.9. The molecule has 0 spiro atoms. The Morgan fingerprint density at radius 3 is 2.76 bits per heavy atom. The van der Waals surface area contributed by atoms with Gasteiger partial charge < -0.3 is 20.4 Å². The van der Waals surface area contributed by atoms with Gasteiger partial charge in [0.2, 0.25) is 0 Å². The summed E-state index contributed by atoms with van der Waals surface area (Å²) in [4.78, 5) is 15.0. The number of nitrogens with zero attached hydrogens (tertiary/aromatic N) is 3. The third kappa shape index (κ3) is 6.72. The normalized spacial score (nSPS) is 17.0. The summed E-state index contributed by atoms with van der Waals surface area (Å²) in [6, 6.07) is 8.67. The van der Waals surface area contributed by atoms with Crippen molar-refractivity contribution in [2.45, 2.75) is 39.2 Å². The van der Waals surface area contributed by atoms with Crippen molar-refractivity contribution < 1.29 is 4.74 Å². The van der Waals surface area contributed by atoms with E-state index >= 15 is 0 Å². The minimum absolute atomic E-state index is 0.507. The van der Waals surface area contributed by atoms with Crippen molar-refractivity contribution in [3.63, 3.8) is 0 Å². The van der Waals surface area contributed by atoms with Crippen molar-refractivity contribution in [1.82, 2.24) is 25.5 Å². The molecule has 1 aliphatic rings. The molecule has 160 valence electrons. The molecule has 1 aliphatic heterocycles. The number of aliphatic imine (C=N–C) groups is 1. The average molecular weight is 401 g/mol. The van der Waals surface area contributed by atoms with E-state index in [-0.39, 0.29) is 0 Å². The number of rotatable bonds is 9. The summed E-state index contributed by atoms with van der Waals surface area (Å²) >= 11 is 0. The average Bonchev–Trinajstić information content (AvgIpc) is 3.15. The van der Waals surface area contributed by atoms with Crippen LogP contribution in [0.2, 0.25) is 0 Å². The van der Waals surface area contributed by atoms with E-state index in [9.17, 15) is 0 Å². The molecule has 7 heteroatoms. The third-order valence-electron chi connectivity index (χ3n) is 5.36. The summed E-state index contributed by atoms with van der Waals surface area (Å²) in [6.07, 6.45) is 3.10. The fraction of sp³-hybridized carbons (Fsp3) is 0.636. The number of guanidine groups is 1. The SMILES string of the molecule is CN=C(NCCCc1nc2ccccc2[nH]1)NCC(CC(C)C)N1CCOCC1. The number of imidazole rings is 1. The van der Waals surface area contributed by atoms with Crippen LogP contribution < -0.4 is 10.6 Å². The molecule has 0 aliphatic carbocycles. The van der Waals surface area contributed by atoms with Crippen molar-refractivity contribution in [2.75, 3.05) is 46.4 Å². The number of para-hydroxylation sites is 2. The summed E-state index contributed by atoms with van der Waals surface area (Å²) in [5.41, 5.74) is 2.14. The van der Waals surface area contributed by atoms with E-state index in [1.807, 2.05) is 25.2 Å². The molecule has 7 nitrogen and oxygen atoms in total. The molecule has 3 N–H and O–H groups in total. The first-order chi connectivity index (χ1) is 14.2. The maximum absolute atomic E-state index is 5.52. The molecule has 0 amide bonds. The highest BCUT2D eigenvalue weighted by Gasteiger charge is 2.22. The fourth-order valence-corrected chi connectivity index (χ4v) is 3.87. The summed E-state index contributed by atoms with van der Waals surface area (Å²) in [6.45, 7) is 10.1. The molecule has 1 aromatic carbocycles. The van der Waals surface area contributed by atoms with Gasteiger partial charge in [-0.05, 0) is 30.9 Å². The Bertz CT molecular complexity index is 733. The van der Waals surface area contributed by atoms with Crippen molar-refractivity contribution in [3.8, 4) is 0 Å². The van der Waals surface area contributed by atoms with Gasteiger partial charge in [-0.1, -0.05) is 26.0 Å². The predicted molar refractivity (Wildman–Crippen MR) is 119 cm³/mol. The van der Waals surface area contributed by atoms with E-state index in [2.05, 4.69) is 50.4 Å². The molecular formula is C22H36N6O. The number of fused-ring (bicyclic) bond motifs is 1. The van der Waals surface area contributed by atoms with Gasteiger partial charge in [0.25, 0.3) is 0 Å². The molecule has 0 saturated carbocycles. The monoisotopic (exact) mass is 400 g/mol. The van der Waals surface area contributed by atoms with Gasteiger partial charge in [-0.2, -0.15) is 0 Å². The Kier molecular flexibility index (Phi) is 8.31. The molecule has 2 heterocycles. The highest BCUT2D eigenvalue weighted by atomic mass is 16.5. The van der Waals surface area contributed by atoms with E-state index in [0.29, 0.717) is 12.0 Å². The quantitative estimate of drug-likeness (QED) is 0.342. The number of aromatic amines is 1. The standard InChI is InChI=1S/C22H36N6O/c1-17(2)15-18(28-11-13-29-14-12-28)16-25-22(23-3)24-10-6-9-21-26-19-7-4-5-8-20(19)27-21/h4-5,7-8,17-18H,6,9-16H2,1-3H3,(H,26,27)(H2,23,24,25). The van der Waals surface area contributed by atoms with E-state index in [1.54, 1.807) is 0 Å². The number of aryl methyl sites for hydroxylation is 1. The van der Waals surface area contributed by atoms with E-state index < -0.39 is 0 Å². The van der Waals surface area contributed by atoms with Gasteiger partial charge in [0.05, 0.1) is 24.2 Å². The minimum atomic E-state index is 0.507. The maximum atomic E-state index is 5.52. The summed E-state index contributed by atoms with van der Waals surface area (Å²) < 4.78 is 5.52. The zero-order chi connectivity index (χ0) is 20.5. The van der Waals surface area contributed by atoms with Crippen LogP contribution in [0.15, 0.2) is 29.3 Å². The summed E-state index contributed by atoms with van der Waals surface area (Å²) in [7, 11) is 1.83. The second-order valence-electron chi connectivity index (χ2n) is 8.12. The van der Waals surface area contributed by atoms with Crippen LogP contribution in [0.3, 0.4) is 0 Å². The Morgan fingerprint density at radius 1 is 1.24 bits per heavy atom. The van der Waals surface area contributed by atoms with Gasteiger partial charge in [-0.15, -0.1) is 0 Å². The lowest BCUT2D eigenvalue weighted by Gasteiger charge is -2.35. The summed E-state index contributed by atoms with van der Waals surface area (Å²) in [5.74, 6) is 2.58. The number of aromatic nitrogens is 2. The Labute approximate surface area is 174 Å². The fourth-order valence-electron chi connectivity index (χ4n) is 3.87. The second kappa shape index (κ2) is 11.2. The first-order valence-corrected chi connectivity index (χ1v) is 10.9. The van der Waals surface area contributed by atoms with Gasteiger partial charge >= 0.3 is 0 Å². The van der Waals surface area contributed by atoms with Gasteiger partial charge in [-0.3, -0.25) is 9.89 Å². The molecular weight excluding hydrogens is 364 g/mol. The van der Waals surface area contributed by atoms with Gasteiger partial charge in [0.1, 0.15) is 5.82 Å². The molecule has 0 bridgehead atoms. The van der Waals surface area contributed by atoms with Crippen LogP contribution in [0, 0.1) is 5.92 Å². The topological polar surface area (TPSA) is 77.6 Å². The maximum Gasteiger partial charge on any atom is 0.191 e. The Morgan fingerprint density at radius 2 is 2.03 bits per heavy atom. The number of morpholine rings is 1. The number of nitrogens with one attached hydrogen (secondary N) is 3. The highest BCUT2D eigenvalue weighted by Crippen LogP contribution is 2.13. The van der Waals surface area contributed by atoms with E-state index in [0.717, 1.165) is 75.1 Å². The van der Waals surface area contributed by atoms with Crippen molar-refractivity contribution in [1.29, 1.82) is 0 Å². The van der Waals surface area contributed by atoms with Crippen LogP contribution in [0.5, 0.6) is 0 Å². The highest BCUT2D eigenvalue weighted by molar-refractivity contribution is 5.79. The van der Waals surface area contributed by atoms with Crippen LogP contribution in [0.25, 0.3) is 11.0 Å². The number of benzene rings is 1. The predicted octanol–water partition coefficient (Wildman–Crippen LogP) is 2.41. The molecule has 29 heavy (non-hydrogen) atoms. The Balaban J connectivity index is 1.41. The number of ether oxygens (including phenoxy) is 1. The zero-order valence-electron chi connectivity index (χ0n) is 18.1. The van der Waals surface area contributed by atoms with Crippen LogP contribution in [-0.4, -0.2) is 73.3 Å². The lowest BCUT2D eigenvalue weighted by molar-refractivity contribution is 0.0132. The third-order valence-corrected chi connectivity index (χ3v) is 5.36. The van der Waals surface area contributed by atoms with Crippen LogP contribution in [-0.2, 0) is 11.2 Å². The van der Waals surface area contributed by atoms with Crippen molar-refractivity contribution in [2.24, 2.45) is 10.9 Å². The minimum Gasteiger partial charge on any atom is -0.379 e. The molecule has 1 atom stereocenters. The molecule has 1 aromatic heterocycles. The largest absolute Gasteiger partial charge is 0.379 e. The lowest BCUT2D eigenvalue weighted by atomic mass is 10.0. The smallest absolute Gasteiger partial charge is 0.191 e. The molecule has 0 radical (unpaired) electrons. The number of hydrogen-bond acceptors (Lipinski definition) is 4. The van der Waals surface area contributed by atoms with Gasteiger partial charge in [-0.25, -0.2) is 4.98 Å². The second-order valence-corrected chi connectivity index (χ2v) is 8.12. The molecule has 1 fully saturated rings.